The minimum absolute atomic E-state index is 0.0411. The van der Waals surface area contributed by atoms with Crippen LogP contribution in [0.3, 0.4) is 0 Å². The standard InChI is InChI=1S/C14H21F2N/c1-3-6-10(7-4-2)14(17)13-11(15)8-5-9-12(13)16/h5,8-10,14H,3-4,6-7,17H2,1-2H3. The zero-order valence-electron chi connectivity index (χ0n) is 10.5. The number of hydrogen-bond donors (Lipinski definition) is 1. The van der Waals surface area contributed by atoms with Gasteiger partial charge in [0.15, 0.2) is 0 Å². The summed E-state index contributed by atoms with van der Waals surface area (Å²) < 4.78 is 27.2. The summed E-state index contributed by atoms with van der Waals surface area (Å²) in [5.74, 6) is -0.916. The zero-order valence-corrected chi connectivity index (χ0v) is 10.5. The first-order valence-corrected chi connectivity index (χ1v) is 6.31. The third kappa shape index (κ3) is 3.50. The molecule has 0 radical (unpaired) electrons. The fourth-order valence-electron chi connectivity index (χ4n) is 2.31. The van der Waals surface area contributed by atoms with Crippen LogP contribution in [0.15, 0.2) is 18.2 Å². The summed E-state index contributed by atoms with van der Waals surface area (Å²) in [6, 6.07) is 3.37. The molecule has 1 atom stereocenters. The van der Waals surface area contributed by atoms with E-state index in [9.17, 15) is 8.78 Å². The van der Waals surface area contributed by atoms with E-state index in [1.165, 1.54) is 18.2 Å². The Morgan fingerprint density at radius 3 is 1.94 bits per heavy atom. The molecule has 96 valence electrons. The van der Waals surface area contributed by atoms with E-state index < -0.39 is 17.7 Å². The Bertz CT molecular complexity index is 326. The second-order valence-electron chi connectivity index (χ2n) is 4.50. The molecule has 0 saturated carbocycles. The van der Waals surface area contributed by atoms with Gasteiger partial charge in [0.2, 0.25) is 0 Å². The summed E-state index contributed by atoms with van der Waals surface area (Å²) >= 11 is 0. The smallest absolute Gasteiger partial charge is 0.130 e. The first-order valence-electron chi connectivity index (χ1n) is 6.31. The van der Waals surface area contributed by atoms with Crippen molar-refractivity contribution in [3.8, 4) is 0 Å². The van der Waals surface area contributed by atoms with E-state index in [0.717, 1.165) is 25.7 Å². The highest BCUT2D eigenvalue weighted by Crippen LogP contribution is 2.30. The fraction of sp³-hybridized carbons (Fsp3) is 0.571. The van der Waals surface area contributed by atoms with Crippen molar-refractivity contribution >= 4 is 0 Å². The van der Waals surface area contributed by atoms with Crippen molar-refractivity contribution in [2.24, 2.45) is 11.7 Å². The molecular formula is C14H21F2N. The van der Waals surface area contributed by atoms with Crippen LogP contribution in [0.5, 0.6) is 0 Å². The normalized spacial score (nSPS) is 13.1. The summed E-state index contributed by atoms with van der Waals surface area (Å²) in [6.07, 6.45) is 3.77. The third-order valence-corrected chi connectivity index (χ3v) is 3.16. The van der Waals surface area contributed by atoms with Gasteiger partial charge >= 0.3 is 0 Å². The Morgan fingerprint density at radius 1 is 1.06 bits per heavy atom. The second-order valence-corrected chi connectivity index (χ2v) is 4.50. The van der Waals surface area contributed by atoms with E-state index in [4.69, 9.17) is 5.73 Å². The zero-order chi connectivity index (χ0) is 12.8. The van der Waals surface area contributed by atoms with Crippen molar-refractivity contribution in [3.63, 3.8) is 0 Å². The Kier molecular flexibility index (Phi) is 5.56. The van der Waals surface area contributed by atoms with Crippen molar-refractivity contribution < 1.29 is 8.78 Å². The van der Waals surface area contributed by atoms with Crippen molar-refractivity contribution in [1.82, 2.24) is 0 Å². The number of benzene rings is 1. The van der Waals surface area contributed by atoms with Gasteiger partial charge in [-0.1, -0.05) is 32.8 Å². The molecule has 1 rings (SSSR count). The van der Waals surface area contributed by atoms with Gasteiger partial charge in [0.05, 0.1) is 0 Å². The summed E-state index contributed by atoms with van der Waals surface area (Å²) in [6.45, 7) is 4.13. The maximum absolute atomic E-state index is 13.6. The molecule has 0 bridgehead atoms. The Hall–Kier alpha value is -0.960. The van der Waals surface area contributed by atoms with Crippen molar-refractivity contribution in [1.29, 1.82) is 0 Å². The maximum Gasteiger partial charge on any atom is 0.130 e. The molecule has 0 saturated heterocycles. The second kappa shape index (κ2) is 6.70. The Labute approximate surface area is 102 Å². The summed E-state index contributed by atoms with van der Waals surface area (Å²) in [4.78, 5) is 0. The van der Waals surface area contributed by atoms with Crippen LogP contribution >= 0.6 is 0 Å². The van der Waals surface area contributed by atoms with Gasteiger partial charge in [0.1, 0.15) is 11.6 Å². The lowest BCUT2D eigenvalue weighted by Gasteiger charge is -2.24. The number of nitrogens with two attached hydrogens (primary N) is 1. The molecule has 0 spiro atoms. The van der Waals surface area contributed by atoms with Gasteiger partial charge in [0, 0.05) is 11.6 Å². The van der Waals surface area contributed by atoms with E-state index in [1.54, 1.807) is 0 Å². The predicted molar refractivity (Wildman–Crippen MR) is 66.6 cm³/mol. The lowest BCUT2D eigenvalue weighted by Crippen LogP contribution is -2.23. The minimum Gasteiger partial charge on any atom is -0.324 e. The van der Waals surface area contributed by atoms with Crippen molar-refractivity contribution in [3.05, 3.63) is 35.4 Å². The third-order valence-electron chi connectivity index (χ3n) is 3.16. The van der Waals surface area contributed by atoms with Gasteiger partial charge in [-0.05, 0) is 30.9 Å². The molecule has 2 N–H and O–H groups in total. The SMILES string of the molecule is CCCC(CCC)C(N)c1c(F)cccc1F. The van der Waals surface area contributed by atoms with Gasteiger partial charge in [-0.25, -0.2) is 8.78 Å². The molecule has 0 aromatic heterocycles. The fourth-order valence-corrected chi connectivity index (χ4v) is 2.31. The van der Waals surface area contributed by atoms with E-state index >= 15 is 0 Å². The molecule has 0 amide bonds. The summed E-state index contributed by atoms with van der Waals surface area (Å²) in [5.41, 5.74) is 6.07. The predicted octanol–water partition coefficient (Wildman–Crippen LogP) is 4.18. The van der Waals surface area contributed by atoms with Crippen LogP contribution in [-0.2, 0) is 0 Å². The van der Waals surface area contributed by atoms with Crippen LogP contribution in [0.1, 0.15) is 51.1 Å². The van der Waals surface area contributed by atoms with E-state index in [1.807, 2.05) is 0 Å². The highest BCUT2D eigenvalue weighted by Gasteiger charge is 2.23. The summed E-state index contributed by atoms with van der Waals surface area (Å²) in [5, 5.41) is 0. The first-order chi connectivity index (χ1) is 8.11. The van der Waals surface area contributed by atoms with E-state index in [0.29, 0.717) is 0 Å². The van der Waals surface area contributed by atoms with Crippen LogP contribution in [0.4, 0.5) is 8.78 Å². The van der Waals surface area contributed by atoms with Crippen molar-refractivity contribution in [2.45, 2.75) is 45.6 Å². The quantitative estimate of drug-likeness (QED) is 0.794. The lowest BCUT2D eigenvalue weighted by atomic mass is 9.86. The molecule has 0 aliphatic heterocycles. The molecule has 0 fully saturated rings. The van der Waals surface area contributed by atoms with Crippen LogP contribution < -0.4 is 5.73 Å². The van der Waals surface area contributed by atoms with Crippen molar-refractivity contribution in [2.75, 3.05) is 0 Å². The molecule has 0 aliphatic rings. The molecule has 3 heteroatoms. The average Bonchev–Trinajstić information content (AvgIpc) is 2.28. The lowest BCUT2D eigenvalue weighted by molar-refractivity contribution is 0.351. The van der Waals surface area contributed by atoms with Gasteiger partial charge in [-0.2, -0.15) is 0 Å². The molecule has 17 heavy (non-hydrogen) atoms. The van der Waals surface area contributed by atoms with Gasteiger partial charge in [-0.3, -0.25) is 0 Å². The number of hydrogen-bond acceptors (Lipinski definition) is 1. The van der Waals surface area contributed by atoms with Gasteiger partial charge in [0.25, 0.3) is 0 Å². The molecular weight excluding hydrogens is 220 g/mol. The van der Waals surface area contributed by atoms with Crippen LogP contribution in [0, 0.1) is 17.6 Å². The van der Waals surface area contributed by atoms with E-state index in [2.05, 4.69) is 13.8 Å². The van der Waals surface area contributed by atoms with E-state index in [-0.39, 0.29) is 11.5 Å². The highest BCUT2D eigenvalue weighted by molar-refractivity contribution is 5.23. The summed E-state index contributed by atoms with van der Waals surface area (Å²) in [7, 11) is 0. The molecule has 1 aromatic carbocycles. The number of rotatable bonds is 6. The number of halogens is 2. The molecule has 1 nitrogen and oxygen atoms in total. The highest BCUT2D eigenvalue weighted by atomic mass is 19.1. The average molecular weight is 241 g/mol. The molecule has 1 unspecified atom stereocenters. The maximum atomic E-state index is 13.6. The Morgan fingerprint density at radius 2 is 1.53 bits per heavy atom. The molecule has 0 heterocycles. The first kappa shape index (κ1) is 14.1. The molecule has 1 aromatic rings. The minimum atomic E-state index is -0.545. The Balaban J connectivity index is 2.95. The van der Waals surface area contributed by atoms with Crippen LogP contribution in [0.2, 0.25) is 0 Å². The van der Waals surface area contributed by atoms with Gasteiger partial charge in [-0.15, -0.1) is 0 Å². The monoisotopic (exact) mass is 241 g/mol. The molecule has 0 aliphatic carbocycles. The van der Waals surface area contributed by atoms with Crippen LogP contribution in [0.25, 0.3) is 0 Å². The van der Waals surface area contributed by atoms with Gasteiger partial charge < -0.3 is 5.73 Å². The largest absolute Gasteiger partial charge is 0.324 e. The topological polar surface area (TPSA) is 26.0 Å². The van der Waals surface area contributed by atoms with Crippen LogP contribution in [-0.4, -0.2) is 0 Å².